The van der Waals surface area contributed by atoms with Crippen LogP contribution in [0.25, 0.3) is 0 Å². The van der Waals surface area contributed by atoms with Crippen LogP contribution in [0.4, 0.5) is 10.5 Å². The van der Waals surface area contributed by atoms with E-state index < -0.39 is 0 Å². The predicted octanol–water partition coefficient (Wildman–Crippen LogP) is 2.69. The van der Waals surface area contributed by atoms with Crippen LogP contribution in [0.5, 0.6) is 0 Å². The van der Waals surface area contributed by atoms with E-state index in [0.29, 0.717) is 6.54 Å². The molecule has 0 aliphatic heterocycles. The Balaban J connectivity index is 1.90. The summed E-state index contributed by atoms with van der Waals surface area (Å²) in [6.45, 7) is 2.39. The number of carbonyl (C=O) groups excluding carboxylic acids is 1. The first kappa shape index (κ1) is 15.1. The molecule has 4 N–H and O–H groups in total. The molecule has 0 heterocycles. The summed E-state index contributed by atoms with van der Waals surface area (Å²) in [5, 5.41) is 5.74. The number of urea groups is 1. The molecular weight excluding hydrogens is 262 g/mol. The third-order valence-corrected chi connectivity index (χ3v) is 3.22. The molecule has 4 heteroatoms. The highest BCUT2D eigenvalue weighted by Gasteiger charge is 2.11. The number of hydrogen-bond donors (Lipinski definition) is 3. The monoisotopic (exact) mass is 283 g/mol. The number of carbonyl (C=O) groups is 1. The van der Waals surface area contributed by atoms with Gasteiger partial charge in [-0.25, -0.2) is 4.79 Å². The minimum Gasteiger partial charge on any atom is -0.334 e. The lowest BCUT2D eigenvalue weighted by molar-refractivity contribution is 0.248. The van der Waals surface area contributed by atoms with Gasteiger partial charge in [-0.2, -0.15) is 0 Å². The second kappa shape index (κ2) is 7.45. The fraction of sp³-hybridized carbons (Fsp3) is 0.235. The van der Waals surface area contributed by atoms with Crippen molar-refractivity contribution in [1.82, 2.24) is 5.32 Å². The van der Waals surface area contributed by atoms with Crippen LogP contribution in [0.1, 0.15) is 11.1 Å². The second-order valence-corrected chi connectivity index (χ2v) is 5.09. The van der Waals surface area contributed by atoms with E-state index in [-0.39, 0.29) is 12.1 Å². The number of aryl methyl sites for hydroxylation is 1. The molecule has 110 valence electrons. The number of hydrogen-bond acceptors (Lipinski definition) is 2. The van der Waals surface area contributed by atoms with Gasteiger partial charge in [0.2, 0.25) is 0 Å². The molecule has 0 fully saturated rings. The van der Waals surface area contributed by atoms with E-state index in [1.54, 1.807) is 0 Å². The van der Waals surface area contributed by atoms with Gasteiger partial charge in [-0.15, -0.1) is 0 Å². The highest BCUT2D eigenvalue weighted by Crippen LogP contribution is 2.09. The second-order valence-electron chi connectivity index (χ2n) is 5.09. The van der Waals surface area contributed by atoms with E-state index in [4.69, 9.17) is 5.73 Å². The zero-order valence-electron chi connectivity index (χ0n) is 12.2. The Bertz CT molecular complexity index is 584. The van der Waals surface area contributed by atoms with E-state index >= 15 is 0 Å². The molecule has 0 spiro atoms. The molecule has 0 aromatic heterocycles. The van der Waals surface area contributed by atoms with Crippen LogP contribution in [0, 0.1) is 6.92 Å². The van der Waals surface area contributed by atoms with Crippen LogP contribution in [-0.2, 0) is 6.42 Å². The average molecular weight is 283 g/mol. The van der Waals surface area contributed by atoms with E-state index in [9.17, 15) is 4.79 Å². The van der Waals surface area contributed by atoms with Crippen molar-refractivity contribution in [3.63, 3.8) is 0 Å². The van der Waals surface area contributed by atoms with Gasteiger partial charge in [0.15, 0.2) is 0 Å². The van der Waals surface area contributed by atoms with E-state index in [2.05, 4.69) is 10.6 Å². The maximum atomic E-state index is 12.0. The number of benzene rings is 2. The number of amides is 2. The summed E-state index contributed by atoms with van der Waals surface area (Å²) < 4.78 is 0. The van der Waals surface area contributed by atoms with Crippen LogP contribution < -0.4 is 16.4 Å². The zero-order valence-corrected chi connectivity index (χ0v) is 12.2. The Kier molecular flexibility index (Phi) is 5.35. The molecule has 2 aromatic carbocycles. The molecule has 1 atom stereocenters. The van der Waals surface area contributed by atoms with Gasteiger partial charge in [-0.1, -0.05) is 42.5 Å². The molecule has 4 nitrogen and oxygen atoms in total. The maximum Gasteiger partial charge on any atom is 0.319 e. The van der Waals surface area contributed by atoms with E-state index in [1.165, 1.54) is 0 Å². The Morgan fingerprint density at radius 1 is 1.14 bits per heavy atom. The van der Waals surface area contributed by atoms with Crippen molar-refractivity contribution in [2.24, 2.45) is 5.73 Å². The van der Waals surface area contributed by atoms with Gasteiger partial charge >= 0.3 is 6.03 Å². The summed E-state index contributed by atoms with van der Waals surface area (Å²) in [5.41, 5.74) is 8.78. The third kappa shape index (κ3) is 4.93. The van der Waals surface area contributed by atoms with E-state index in [0.717, 1.165) is 23.2 Å². The van der Waals surface area contributed by atoms with E-state index in [1.807, 2.05) is 61.5 Å². The van der Waals surface area contributed by atoms with Crippen LogP contribution in [-0.4, -0.2) is 18.6 Å². The number of nitrogens with two attached hydrogens (primary N) is 1. The fourth-order valence-corrected chi connectivity index (χ4v) is 2.17. The summed E-state index contributed by atoms with van der Waals surface area (Å²) >= 11 is 0. The Hall–Kier alpha value is -2.33. The molecule has 2 aromatic rings. The molecule has 0 saturated carbocycles. The molecule has 21 heavy (non-hydrogen) atoms. The Labute approximate surface area is 125 Å². The van der Waals surface area contributed by atoms with Gasteiger partial charge < -0.3 is 16.4 Å². The summed E-state index contributed by atoms with van der Waals surface area (Å²) in [7, 11) is 0. The Morgan fingerprint density at radius 3 is 2.57 bits per heavy atom. The number of anilines is 1. The topological polar surface area (TPSA) is 67.2 Å². The first-order valence-electron chi connectivity index (χ1n) is 7.05. The first-order valence-corrected chi connectivity index (χ1v) is 7.05. The fourth-order valence-electron chi connectivity index (χ4n) is 2.17. The zero-order chi connectivity index (χ0) is 15.1. The van der Waals surface area contributed by atoms with Crippen molar-refractivity contribution >= 4 is 11.7 Å². The highest BCUT2D eigenvalue weighted by molar-refractivity contribution is 5.89. The molecule has 2 amide bonds. The molecule has 0 radical (unpaired) electrons. The lowest BCUT2D eigenvalue weighted by Crippen LogP contribution is -2.43. The third-order valence-electron chi connectivity index (χ3n) is 3.22. The minimum absolute atomic E-state index is 0.0859. The van der Waals surface area contributed by atoms with Gasteiger partial charge in [0.05, 0.1) is 0 Å². The van der Waals surface area contributed by atoms with Gasteiger partial charge in [0.1, 0.15) is 0 Å². The van der Waals surface area contributed by atoms with Gasteiger partial charge in [0, 0.05) is 18.3 Å². The molecule has 2 rings (SSSR count). The van der Waals surface area contributed by atoms with Gasteiger partial charge in [-0.3, -0.25) is 0 Å². The van der Waals surface area contributed by atoms with Crippen molar-refractivity contribution in [1.29, 1.82) is 0 Å². The molecular formula is C17H21N3O. The summed E-state index contributed by atoms with van der Waals surface area (Å²) in [4.78, 5) is 12.0. The molecule has 0 bridgehead atoms. The van der Waals surface area contributed by atoms with Crippen LogP contribution in [0.15, 0.2) is 54.6 Å². The maximum absolute atomic E-state index is 12.0. The summed E-state index contributed by atoms with van der Waals surface area (Å²) in [6.07, 6.45) is 0.721. The number of rotatable bonds is 5. The van der Waals surface area contributed by atoms with Crippen LogP contribution in [0.2, 0.25) is 0 Å². The highest BCUT2D eigenvalue weighted by atomic mass is 16.2. The lowest BCUT2D eigenvalue weighted by Gasteiger charge is -2.17. The lowest BCUT2D eigenvalue weighted by atomic mass is 10.1. The summed E-state index contributed by atoms with van der Waals surface area (Å²) in [6, 6.07) is 17.4. The smallest absolute Gasteiger partial charge is 0.319 e. The molecule has 0 aliphatic carbocycles. The Morgan fingerprint density at radius 2 is 1.90 bits per heavy atom. The van der Waals surface area contributed by atoms with Gasteiger partial charge in [0.25, 0.3) is 0 Å². The predicted molar refractivity (Wildman–Crippen MR) is 86.3 cm³/mol. The van der Waals surface area contributed by atoms with Crippen LogP contribution >= 0.6 is 0 Å². The van der Waals surface area contributed by atoms with Crippen molar-refractivity contribution in [2.45, 2.75) is 19.4 Å². The quantitative estimate of drug-likeness (QED) is 0.789. The van der Waals surface area contributed by atoms with Crippen LogP contribution in [0.3, 0.4) is 0 Å². The summed E-state index contributed by atoms with van der Waals surface area (Å²) in [5.74, 6) is 0. The standard InChI is InChI=1S/C17H21N3O/c1-13-6-5-9-15(10-13)19-17(21)20-16(12-18)11-14-7-3-2-4-8-14/h2-10,16H,11-12,18H2,1H3,(H2,19,20,21). The molecule has 0 saturated heterocycles. The average Bonchev–Trinajstić information content (AvgIpc) is 2.47. The van der Waals surface area contributed by atoms with Crippen molar-refractivity contribution < 1.29 is 4.79 Å². The largest absolute Gasteiger partial charge is 0.334 e. The van der Waals surface area contributed by atoms with Crippen molar-refractivity contribution in [3.05, 3.63) is 65.7 Å². The number of nitrogens with one attached hydrogen (secondary N) is 2. The SMILES string of the molecule is Cc1cccc(NC(=O)NC(CN)Cc2ccccc2)c1. The normalized spacial score (nSPS) is 11.7. The van der Waals surface area contributed by atoms with Crippen molar-refractivity contribution in [3.8, 4) is 0 Å². The first-order chi connectivity index (χ1) is 10.2. The molecule has 0 aliphatic rings. The minimum atomic E-state index is -0.230. The van der Waals surface area contributed by atoms with Crippen molar-refractivity contribution in [2.75, 3.05) is 11.9 Å². The van der Waals surface area contributed by atoms with Gasteiger partial charge in [-0.05, 0) is 36.6 Å². The molecule has 1 unspecified atom stereocenters.